The summed E-state index contributed by atoms with van der Waals surface area (Å²) in [5.41, 5.74) is 8.09. The second-order valence-corrected chi connectivity index (χ2v) is 7.20. The van der Waals surface area contributed by atoms with Crippen molar-refractivity contribution in [1.82, 2.24) is 9.88 Å². The van der Waals surface area contributed by atoms with E-state index in [0.717, 1.165) is 22.2 Å². The van der Waals surface area contributed by atoms with Crippen LogP contribution >= 0.6 is 0 Å². The first kappa shape index (κ1) is 20.1. The molecule has 1 aromatic heterocycles. The predicted molar refractivity (Wildman–Crippen MR) is 119 cm³/mol. The van der Waals surface area contributed by atoms with Crippen LogP contribution in [-0.4, -0.2) is 28.2 Å². The molecule has 31 heavy (non-hydrogen) atoms. The van der Waals surface area contributed by atoms with Gasteiger partial charge in [0.25, 0.3) is 11.8 Å². The zero-order valence-corrected chi connectivity index (χ0v) is 16.7. The van der Waals surface area contributed by atoms with Gasteiger partial charge in [-0.1, -0.05) is 66.7 Å². The Bertz CT molecular complexity index is 1250. The molecule has 6 nitrogen and oxygen atoms in total. The number of rotatable bonds is 7. The number of Topliss-reactive ketones (excluding diaryl/α,β-unsaturated/α-hetero) is 1. The number of nitrogens with zero attached hydrogens (tertiary/aromatic N) is 1. The largest absolute Gasteiger partial charge is 0.363 e. The molecule has 0 aliphatic rings. The van der Waals surface area contributed by atoms with Gasteiger partial charge in [0, 0.05) is 17.5 Å². The van der Waals surface area contributed by atoms with E-state index < -0.39 is 23.6 Å². The molecule has 2 amide bonds. The Labute approximate surface area is 179 Å². The minimum atomic E-state index is -1.08. The number of carbonyl (C=O) groups excluding carboxylic acids is 3. The first-order valence-corrected chi connectivity index (χ1v) is 9.89. The lowest BCUT2D eigenvalue weighted by atomic mass is 10.0. The van der Waals surface area contributed by atoms with Gasteiger partial charge in [0.05, 0.1) is 5.52 Å². The Balaban J connectivity index is 1.72. The summed E-state index contributed by atoms with van der Waals surface area (Å²) in [5, 5.41) is 3.61. The number of para-hydroxylation sites is 2. The Morgan fingerprint density at radius 2 is 1.45 bits per heavy atom. The summed E-state index contributed by atoms with van der Waals surface area (Å²) in [4.78, 5) is 37.3. The highest BCUT2D eigenvalue weighted by molar-refractivity contribution is 6.38. The Kier molecular flexibility index (Phi) is 5.62. The maximum absolute atomic E-state index is 13.3. The molecular formula is C25H21N3O3. The van der Waals surface area contributed by atoms with Crippen molar-refractivity contribution in [3.63, 3.8) is 0 Å². The fourth-order valence-electron chi connectivity index (χ4n) is 3.64. The second kappa shape index (κ2) is 8.67. The van der Waals surface area contributed by atoms with Gasteiger partial charge in [-0.05, 0) is 29.8 Å². The van der Waals surface area contributed by atoms with Gasteiger partial charge in [-0.25, -0.2) is 0 Å². The molecule has 4 aromatic rings. The zero-order chi connectivity index (χ0) is 21.8. The molecule has 1 atom stereocenters. The number of carbonyl (C=O) groups is 3. The maximum atomic E-state index is 13.3. The van der Waals surface area contributed by atoms with E-state index in [2.05, 4.69) is 5.32 Å². The molecule has 0 saturated carbocycles. The van der Waals surface area contributed by atoms with Gasteiger partial charge in [-0.3, -0.25) is 14.4 Å². The Morgan fingerprint density at radius 1 is 0.839 bits per heavy atom. The molecule has 1 unspecified atom stereocenters. The number of hydrogen-bond donors (Lipinski definition) is 2. The van der Waals surface area contributed by atoms with Crippen LogP contribution in [0.2, 0.25) is 0 Å². The van der Waals surface area contributed by atoms with Crippen LogP contribution in [0.25, 0.3) is 16.6 Å². The lowest BCUT2D eigenvalue weighted by Crippen LogP contribution is -2.47. The number of nitrogens with one attached hydrogen (secondary N) is 1. The molecule has 154 valence electrons. The summed E-state index contributed by atoms with van der Waals surface area (Å²) in [6.07, 6.45) is 0.167. The van der Waals surface area contributed by atoms with Gasteiger partial charge in [0.2, 0.25) is 5.78 Å². The summed E-state index contributed by atoms with van der Waals surface area (Å²) in [6, 6.07) is 27.0. The quantitative estimate of drug-likeness (QED) is 0.458. The third kappa shape index (κ3) is 4.23. The van der Waals surface area contributed by atoms with Crippen LogP contribution in [0.4, 0.5) is 0 Å². The van der Waals surface area contributed by atoms with Crippen LogP contribution in [0.15, 0.2) is 91.0 Å². The van der Waals surface area contributed by atoms with Gasteiger partial charge in [0.1, 0.15) is 11.7 Å². The molecule has 3 aromatic carbocycles. The number of benzene rings is 3. The summed E-state index contributed by atoms with van der Waals surface area (Å²) >= 11 is 0. The van der Waals surface area contributed by atoms with Crippen molar-refractivity contribution in [1.29, 1.82) is 0 Å². The van der Waals surface area contributed by atoms with E-state index in [0.29, 0.717) is 5.69 Å². The third-order valence-electron chi connectivity index (χ3n) is 5.11. The molecule has 3 N–H and O–H groups in total. The fraction of sp³-hybridized carbons (Fsp3) is 0.0800. The number of fused-ring (bicyclic) bond motifs is 1. The van der Waals surface area contributed by atoms with E-state index >= 15 is 0 Å². The highest BCUT2D eigenvalue weighted by Crippen LogP contribution is 2.24. The average molecular weight is 411 g/mol. The first-order valence-electron chi connectivity index (χ1n) is 9.89. The molecule has 0 saturated heterocycles. The summed E-state index contributed by atoms with van der Waals surface area (Å²) in [6.45, 7) is 0. The fourth-order valence-corrected chi connectivity index (χ4v) is 3.64. The number of ketones is 1. The molecule has 0 bridgehead atoms. The molecular weight excluding hydrogens is 390 g/mol. The molecule has 0 radical (unpaired) electrons. The van der Waals surface area contributed by atoms with E-state index in [1.165, 1.54) is 0 Å². The molecule has 4 rings (SSSR count). The summed E-state index contributed by atoms with van der Waals surface area (Å²) < 4.78 is 1.83. The number of hydrogen-bond acceptors (Lipinski definition) is 3. The molecule has 0 aliphatic heterocycles. The maximum Gasteiger partial charge on any atom is 0.287 e. The minimum absolute atomic E-state index is 0.167. The van der Waals surface area contributed by atoms with Gasteiger partial charge in [0.15, 0.2) is 0 Å². The SMILES string of the molecule is NC(=O)C(=O)C(Cc1ccccc1)NC(=O)c1cc2ccccc2n1-c1ccccc1. The van der Waals surface area contributed by atoms with Crippen LogP contribution in [0.5, 0.6) is 0 Å². The van der Waals surface area contributed by atoms with E-state index in [1.54, 1.807) is 6.07 Å². The Morgan fingerprint density at radius 3 is 2.13 bits per heavy atom. The monoisotopic (exact) mass is 411 g/mol. The van der Waals surface area contributed by atoms with Crippen molar-refractivity contribution in [3.8, 4) is 5.69 Å². The van der Waals surface area contributed by atoms with Crippen molar-refractivity contribution < 1.29 is 14.4 Å². The van der Waals surface area contributed by atoms with Crippen LogP contribution in [0.3, 0.4) is 0 Å². The van der Waals surface area contributed by atoms with Crippen molar-refractivity contribution in [2.24, 2.45) is 5.73 Å². The number of amides is 2. The number of aromatic nitrogens is 1. The molecule has 0 fully saturated rings. The first-order chi connectivity index (χ1) is 15.0. The smallest absolute Gasteiger partial charge is 0.287 e. The van der Waals surface area contributed by atoms with Crippen molar-refractivity contribution >= 4 is 28.5 Å². The Hall–Kier alpha value is -4.19. The van der Waals surface area contributed by atoms with Crippen LogP contribution < -0.4 is 11.1 Å². The molecule has 6 heteroatoms. The molecule has 1 heterocycles. The van der Waals surface area contributed by atoms with Gasteiger partial charge in [-0.15, -0.1) is 0 Å². The highest BCUT2D eigenvalue weighted by Gasteiger charge is 2.27. The summed E-state index contributed by atoms with van der Waals surface area (Å²) in [5.74, 6) is -2.38. The van der Waals surface area contributed by atoms with Crippen LogP contribution in [0.1, 0.15) is 16.1 Å². The van der Waals surface area contributed by atoms with E-state index in [4.69, 9.17) is 5.73 Å². The second-order valence-electron chi connectivity index (χ2n) is 7.20. The zero-order valence-electron chi connectivity index (χ0n) is 16.7. The van der Waals surface area contributed by atoms with E-state index in [9.17, 15) is 14.4 Å². The van der Waals surface area contributed by atoms with Gasteiger partial charge >= 0.3 is 0 Å². The minimum Gasteiger partial charge on any atom is -0.363 e. The van der Waals surface area contributed by atoms with Crippen LogP contribution in [0, 0.1) is 0 Å². The van der Waals surface area contributed by atoms with Crippen LogP contribution in [-0.2, 0) is 16.0 Å². The van der Waals surface area contributed by atoms with E-state index in [-0.39, 0.29) is 6.42 Å². The van der Waals surface area contributed by atoms with Crippen molar-refractivity contribution in [2.45, 2.75) is 12.5 Å². The van der Waals surface area contributed by atoms with E-state index in [1.807, 2.05) is 89.5 Å². The average Bonchev–Trinajstić information content (AvgIpc) is 3.19. The van der Waals surface area contributed by atoms with Gasteiger partial charge in [-0.2, -0.15) is 0 Å². The summed E-state index contributed by atoms with van der Waals surface area (Å²) in [7, 11) is 0. The highest BCUT2D eigenvalue weighted by atomic mass is 16.2. The topological polar surface area (TPSA) is 94.2 Å². The predicted octanol–water partition coefficient (Wildman–Crippen LogP) is 3.03. The van der Waals surface area contributed by atoms with Gasteiger partial charge < -0.3 is 15.6 Å². The van der Waals surface area contributed by atoms with Crippen molar-refractivity contribution in [3.05, 3.63) is 102 Å². The number of primary amides is 1. The lowest BCUT2D eigenvalue weighted by molar-refractivity contribution is -0.137. The lowest BCUT2D eigenvalue weighted by Gasteiger charge is -2.17. The molecule has 0 spiro atoms. The van der Waals surface area contributed by atoms with Crippen molar-refractivity contribution in [2.75, 3.05) is 0 Å². The molecule has 0 aliphatic carbocycles. The number of nitrogens with two attached hydrogens (primary N) is 1. The standard InChI is InChI=1S/C25H21N3O3/c26-24(30)23(29)20(15-17-9-3-1-4-10-17)27-25(31)22-16-18-11-7-8-14-21(18)28(22)19-12-5-2-6-13-19/h1-14,16,20H,15H2,(H2,26,30)(H,27,31). The third-order valence-corrected chi connectivity index (χ3v) is 5.11. The normalized spacial score (nSPS) is 11.7.